The summed E-state index contributed by atoms with van der Waals surface area (Å²) in [5.41, 5.74) is 8.40. The minimum absolute atomic E-state index is 0.0691. The number of nitrogens with two attached hydrogens (primary N) is 1. The Balaban J connectivity index is 2.01. The molecule has 8 nitrogen and oxygen atoms in total. The molecule has 3 rings (SSSR count). The number of carboxylic acid groups (broad SMARTS) is 1. The van der Waals surface area contributed by atoms with Gasteiger partial charge in [0.15, 0.2) is 0 Å². The summed E-state index contributed by atoms with van der Waals surface area (Å²) in [6, 6.07) is 18.0. The molecule has 0 saturated heterocycles. The van der Waals surface area contributed by atoms with Crippen LogP contribution in [0.15, 0.2) is 66.7 Å². The molecule has 0 aliphatic carbocycles. The highest BCUT2D eigenvalue weighted by molar-refractivity contribution is 6.10. The minimum Gasteiger partial charge on any atom is -0.478 e. The zero-order valence-electron chi connectivity index (χ0n) is 17.9. The van der Waals surface area contributed by atoms with Gasteiger partial charge in [-0.1, -0.05) is 30.3 Å². The van der Waals surface area contributed by atoms with Crippen LogP contribution in [0.25, 0.3) is 11.1 Å². The fourth-order valence-electron chi connectivity index (χ4n) is 3.35. The molecule has 0 saturated carbocycles. The molecule has 33 heavy (non-hydrogen) atoms. The lowest BCUT2D eigenvalue weighted by atomic mass is 9.92. The van der Waals surface area contributed by atoms with Gasteiger partial charge < -0.3 is 20.9 Å². The summed E-state index contributed by atoms with van der Waals surface area (Å²) in [7, 11) is 1.31. The Morgan fingerprint density at radius 3 is 2.27 bits per heavy atom. The van der Waals surface area contributed by atoms with E-state index in [0.717, 1.165) is 5.56 Å². The number of carboxylic acids is 1. The number of carbonyl (C=O) groups excluding carboxylic acids is 2. The van der Waals surface area contributed by atoms with Crippen molar-refractivity contribution < 1.29 is 24.2 Å². The Labute approximate surface area is 190 Å². The molecule has 0 radical (unpaired) electrons. The van der Waals surface area contributed by atoms with Crippen LogP contribution in [0.5, 0.6) is 0 Å². The molecule has 0 aromatic heterocycles. The lowest BCUT2D eigenvalue weighted by molar-refractivity contribution is -0.140. The van der Waals surface area contributed by atoms with Crippen molar-refractivity contribution in [2.75, 3.05) is 12.4 Å². The number of anilines is 1. The Hall–Kier alpha value is -4.46. The SMILES string of the molecule is COC(=O)CCc1ccc(-c2ccccc2C(=O)O)c(C(=O)Nc2ccc(C(=N)N)cc2)c1. The molecule has 168 valence electrons. The number of nitrogens with one attached hydrogen (secondary N) is 2. The first kappa shape index (κ1) is 23.2. The molecular weight excluding hydrogens is 422 g/mol. The van der Waals surface area contributed by atoms with Crippen LogP contribution < -0.4 is 11.1 Å². The van der Waals surface area contributed by atoms with Gasteiger partial charge in [-0.3, -0.25) is 15.0 Å². The normalized spacial score (nSPS) is 10.3. The Morgan fingerprint density at radius 2 is 1.64 bits per heavy atom. The summed E-state index contributed by atoms with van der Waals surface area (Å²) in [6.45, 7) is 0. The van der Waals surface area contributed by atoms with Gasteiger partial charge in [0.25, 0.3) is 5.91 Å². The number of esters is 1. The van der Waals surface area contributed by atoms with Gasteiger partial charge in [-0.05, 0) is 59.5 Å². The number of hydrogen-bond donors (Lipinski definition) is 4. The van der Waals surface area contributed by atoms with Crippen molar-refractivity contribution in [3.8, 4) is 11.1 Å². The van der Waals surface area contributed by atoms with E-state index in [-0.39, 0.29) is 29.4 Å². The highest BCUT2D eigenvalue weighted by atomic mass is 16.5. The molecule has 0 aliphatic heterocycles. The quantitative estimate of drug-likeness (QED) is 0.237. The first-order valence-electron chi connectivity index (χ1n) is 10.1. The second-order valence-corrected chi connectivity index (χ2v) is 7.25. The van der Waals surface area contributed by atoms with Crippen molar-refractivity contribution in [2.45, 2.75) is 12.8 Å². The monoisotopic (exact) mass is 445 g/mol. The standard InChI is InChI=1S/C25H23N3O5/c1-33-22(29)13-7-15-6-12-19(18-4-2-3-5-20(18)25(31)32)21(14-15)24(30)28-17-10-8-16(9-11-17)23(26)27/h2-6,8-12,14H,7,13H2,1H3,(H3,26,27)(H,28,30)(H,31,32). The molecule has 0 aliphatic rings. The van der Waals surface area contributed by atoms with E-state index in [9.17, 15) is 19.5 Å². The Kier molecular flexibility index (Phi) is 7.20. The van der Waals surface area contributed by atoms with Crippen molar-refractivity contribution in [3.05, 3.63) is 89.0 Å². The van der Waals surface area contributed by atoms with Gasteiger partial charge in [0.1, 0.15) is 5.84 Å². The summed E-state index contributed by atoms with van der Waals surface area (Å²) >= 11 is 0. The van der Waals surface area contributed by atoms with Gasteiger partial charge in [-0.2, -0.15) is 0 Å². The number of nitrogen functional groups attached to an aromatic ring is 1. The third kappa shape index (κ3) is 5.62. The van der Waals surface area contributed by atoms with E-state index in [1.807, 2.05) is 0 Å². The highest BCUT2D eigenvalue weighted by Crippen LogP contribution is 2.29. The van der Waals surface area contributed by atoms with E-state index in [0.29, 0.717) is 28.8 Å². The van der Waals surface area contributed by atoms with E-state index >= 15 is 0 Å². The smallest absolute Gasteiger partial charge is 0.336 e. The van der Waals surface area contributed by atoms with E-state index in [2.05, 4.69) is 10.1 Å². The molecule has 1 amide bonds. The molecule has 8 heteroatoms. The second kappa shape index (κ2) is 10.2. The number of benzene rings is 3. The number of aryl methyl sites for hydroxylation is 1. The molecule has 5 N–H and O–H groups in total. The third-order valence-corrected chi connectivity index (χ3v) is 5.08. The van der Waals surface area contributed by atoms with Crippen LogP contribution in [0.3, 0.4) is 0 Å². The van der Waals surface area contributed by atoms with E-state index < -0.39 is 11.9 Å². The summed E-state index contributed by atoms with van der Waals surface area (Å²) in [6.07, 6.45) is 0.510. The summed E-state index contributed by atoms with van der Waals surface area (Å²) in [5.74, 6) is -2.00. The van der Waals surface area contributed by atoms with Gasteiger partial charge >= 0.3 is 11.9 Å². The lowest BCUT2D eigenvalue weighted by Crippen LogP contribution is -2.15. The maximum absolute atomic E-state index is 13.2. The maximum atomic E-state index is 13.2. The van der Waals surface area contributed by atoms with Crippen molar-refractivity contribution >= 4 is 29.4 Å². The summed E-state index contributed by atoms with van der Waals surface area (Å²) in [5, 5.41) is 19.9. The molecule has 0 spiro atoms. The van der Waals surface area contributed by atoms with Gasteiger partial charge in [-0.25, -0.2) is 4.79 Å². The number of hydrogen-bond acceptors (Lipinski definition) is 5. The van der Waals surface area contributed by atoms with Gasteiger partial charge in [0.2, 0.25) is 0 Å². The molecule has 0 bridgehead atoms. The number of amides is 1. The molecule has 0 fully saturated rings. The molecule has 3 aromatic carbocycles. The first-order valence-corrected chi connectivity index (χ1v) is 10.1. The van der Waals surface area contributed by atoms with Gasteiger partial charge in [0.05, 0.1) is 12.7 Å². The molecule has 3 aromatic rings. The van der Waals surface area contributed by atoms with E-state index in [1.54, 1.807) is 60.7 Å². The zero-order valence-corrected chi connectivity index (χ0v) is 17.9. The van der Waals surface area contributed by atoms with Gasteiger partial charge in [0, 0.05) is 23.2 Å². The molecule has 0 atom stereocenters. The van der Waals surface area contributed by atoms with Crippen LogP contribution in [0, 0.1) is 5.41 Å². The zero-order chi connectivity index (χ0) is 24.0. The van der Waals surface area contributed by atoms with Gasteiger partial charge in [-0.15, -0.1) is 0 Å². The number of methoxy groups -OCH3 is 1. The van der Waals surface area contributed by atoms with E-state index in [4.69, 9.17) is 11.1 Å². The average molecular weight is 445 g/mol. The van der Waals surface area contributed by atoms with Crippen molar-refractivity contribution in [1.82, 2.24) is 0 Å². The molecule has 0 unspecified atom stereocenters. The predicted octanol–water partition coefficient (Wildman–Crippen LogP) is 3.69. The summed E-state index contributed by atoms with van der Waals surface area (Å²) < 4.78 is 4.68. The lowest BCUT2D eigenvalue weighted by Gasteiger charge is -2.14. The third-order valence-electron chi connectivity index (χ3n) is 5.08. The van der Waals surface area contributed by atoms with Crippen molar-refractivity contribution in [2.24, 2.45) is 5.73 Å². The fourth-order valence-corrected chi connectivity index (χ4v) is 3.35. The number of carbonyl (C=O) groups is 3. The second-order valence-electron chi connectivity index (χ2n) is 7.25. The van der Waals surface area contributed by atoms with Crippen molar-refractivity contribution in [3.63, 3.8) is 0 Å². The number of amidine groups is 1. The summed E-state index contributed by atoms with van der Waals surface area (Å²) in [4.78, 5) is 36.5. The Bertz CT molecular complexity index is 1220. The minimum atomic E-state index is -1.11. The topological polar surface area (TPSA) is 143 Å². The van der Waals surface area contributed by atoms with E-state index in [1.165, 1.54) is 13.2 Å². The Morgan fingerprint density at radius 1 is 0.970 bits per heavy atom. The van der Waals surface area contributed by atoms with Crippen molar-refractivity contribution in [1.29, 1.82) is 5.41 Å². The van der Waals surface area contributed by atoms with Crippen LogP contribution in [-0.2, 0) is 16.0 Å². The molecule has 0 heterocycles. The fraction of sp³-hybridized carbons (Fsp3) is 0.120. The number of rotatable bonds is 8. The number of ether oxygens (including phenoxy) is 1. The van der Waals surface area contributed by atoms with Crippen LogP contribution in [0.2, 0.25) is 0 Å². The highest BCUT2D eigenvalue weighted by Gasteiger charge is 2.19. The maximum Gasteiger partial charge on any atom is 0.336 e. The first-order chi connectivity index (χ1) is 15.8. The van der Waals surface area contributed by atoms with Crippen LogP contribution in [0.4, 0.5) is 5.69 Å². The number of aromatic carboxylic acids is 1. The predicted molar refractivity (Wildman–Crippen MR) is 125 cm³/mol. The van der Waals surface area contributed by atoms with Crippen LogP contribution in [-0.4, -0.2) is 35.9 Å². The largest absolute Gasteiger partial charge is 0.478 e. The molecular formula is C25H23N3O5. The van der Waals surface area contributed by atoms with Crippen LogP contribution >= 0.6 is 0 Å². The average Bonchev–Trinajstić information content (AvgIpc) is 2.82. The van der Waals surface area contributed by atoms with Crippen LogP contribution in [0.1, 0.15) is 38.3 Å².